The molecule has 1 aliphatic heterocycles. The number of H-pyrrole nitrogens is 1. The van der Waals surface area contributed by atoms with Crippen molar-refractivity contribution >= 4 is 23.1 Å². The third-order valence-electron chi connectivity index (χ3n) is 4.63. The van der Waals surface area contributed by atoms with Gasteiger partial charge in [-0.2, -0.15) is 5.10 Å². The molecular formula is C18H24N4O3. The maximum atomic E-state index is 12.7. The van der Waals surface area contributed by atoms with Crippen molar-refractivity contribution in [2.45, 2.75) is 31.8 Å². The number of hydrogen-bond donors (Lipinski definition) is 2. The first-order valence-electron chi connectivity index (χ1n) is 8.51. The summed E-state index contributed by atoms with van der Waals surface area (Å²) in [6, 6.07) is 5.44. The zero-order chi connectivity index (χ0) is 17.9. The molecule has 0 spiro atoms. The number of aromatic nitrogens is 2. The number of nitrogens with zero attached hydrogens (tertiary/aromatic N) is 2. The van der Waals surface area contributed by atoms with Gasteiger partial charge >= 0.3 is 5.97 Å². The summed E-state index contributed by atoms with van der Waals surface area (Å²) in [5, 5.41) is 14.9. The van der Waals surface area contributed by atoms with E-state index in [1.807, 2.05) is 19.1 Å². The lowest BCUT2D eigenvalue weighted by Crippen LogP contribution is -2.49. The van der Waals surface area contributed by atoms with E-state index in [-0.39, 0.29) is 5.69 Å². The minimum atomic E-state index is -0.540. The average Bonchev–Trinajstić information content (AvgIpc) is 3.02. The van der Waals surface area contributed by atoms with Crippen molar-refractivity contribution in [2.24, 2.45) is 0 Å². The van der Waals surface area contributed by atoms with Crippen LogP contribution >= 0.6 is 0 Å². The molecule has 7 heteroatoms. The SMILES string of the molecule is COc1ccc2[nH]nc(C(=O)O[C@@]3(C)CCCN(CCC=N)C3)c2c1. The maximum Gasteiger partial charge on any atom is 0.360 e. The Bertz CT molecular complexity index is 773. The van der Waals surface area contributed by atoms with E-state index >= 15 is 0 Å². The molecule has 1 aromatic carbocycles. The smallest absolute Gasteiger partial charge is 0.360 e. The maximum absolute atomic E-state index is 12.7. The Morgan fingerprint density at radius 3 is 3.12 bits per heavy atom. The Balaban J connectivity index is 1.76. The number of piperidine rings is 1. The first kappa shape index (κ1) is 17.4. The topological polar surface area (TPSA) is 91.3 Å². The van der Waals surface area contributed by atoms with E-state index in [1.54, 1.807) is 13.2 Å². The number of carbonyl (C=O) groups is 1. The molecule has 2 aromatic rings. The predicted molar refractivity (Wildman–Crippen MR) is 95.5 cm³/mol. The quantitative estimate of drug-likeness (QED) is 0.621. The number of benzene rings is 1. The van der Waals surface area contributed by atoms with E-state index in [2.05, 4.69) is 15.1 Å². The van der Waals surface area contributed by atoms with Crippen molar-refractivity contribution in [3.05, 3.63) is 23.9 Å². The highest BCUT2D eigenvalue weighted by Gasteiger charge is 2.35. The van der Waals surface area contributed by atoms with Crippen molar-refractivity contribution in [1.82, 2.24) is 15.1 Å². The molecule has 1 aromatic heterocycles. The highest BCUT2D eigenvalue weighted by molar-refractivity contribution is 6.02. The molecule has 1 aliphatic rings. The molecule has 3 rings (SSSR count). The molecule has 0 aliphatic carbocycles. The number of nitrogens with one attached hydrogen (secondary N) is 2. The second-order valence-electron chi connectivity index (χ2n) is 6.70. The summed E-state index contributed by atoms with van der Waals surface area (Å²) >= 11 is 0. The predicted octanol–water partition coefficient (Wildman–Crippen LogP) is 2.62. The Morgan fingerprint density at radius 2 is 2.36 bits per heavy atom. The summed E-state index contributed by atoms with van der Waals surface area (Å²) in [5.74, 6) is 0.251. The van der Waals surface area contributed by atoms with Gasteiger partial charge in [0.05, 0.1) is 12.6 Å². The number of hydrogen-bond acceptors (Lipinski definition) is 6. The minimum Gasteiger partial charge on any atom is -0.497 e. The van der Waals surface area contributed by atoms with Crippen molar-refractivity contribution in [3.63, 3.8) is 0 Å². The van der Waals surface area contributed by atoms with Gasteiger partial charge in [0.25, 0.3) is 0 Å². The molecule has 0 radical (unpaired) electrons. The van der Waals surface area contributed by atoms with Crippen molar-refractivity contribution in [3.8, 4) is 5.75 Å². The van der Waals surface area contributed by atoms with Crippen LogP contribution < -0.4 is 4.74 Å². The van der Waals surface area contributed by atoms with Gasteiger partial charge in [-0.3, -0.25) is 10.00 Å². The van der Waals surface area contributed by atoms with E-state index in [0.29, 0.717) is 24.1 Å². The van der Waals surface area contributed by atoms with E-state index in [0.717, 1.165) is 31.4 Å². The average molecular weight is 344 g/mol. The van der Waals surface area contributed by atoms with Gasteiger partial charge in [0.15, 0.2) is 5.69 Å². The van der Waals surface area contributed by atoms with Gasteiger partial charge in [-0.25, -0.2) is 4.79 Å². The van der Waals surface area contributed by atoms with Crippen LogP contribution in [0.1, 0.15) is 36.7 Å². The molecule has 134 valence electrons. The molecule has 1 fully saturated rings. The highest BCUT2D eigenvalue weighted by atomic mass is 16.6. The number of aromatic amines is 1. The van der Waals surface area contributed by atoms with Crippen LogP contribution in [0.3, 0.4) is 0 Å². The van der Waals surface area contributed by atoms with Crippen molar-refractivity contribution < 1.29 is 14.3 Å². The Kier molecular flexibility index (Phi) is 5.03. The zero-order valence-corrected chi connectivity index (χ0v) is 14.7. The van der Waals surface area contributed by atoms with Gasteiger partial charge in [0.2, 0.25) is 0 Å². The van der Waals surface area contributed by atoms with Gasteiger partial charge in [-0.05, 0) is 57.1 Å². The van der Waals surface area contributed by atoms with Gasteiger partial charge in [-0.15, -0.1) is 0 Å². The molecule has 0 amide bonds. The van der Waals surface area contributed by atoms with Gasteiger partial charge in [-0.1, -0.05) is 0 Å². The second-order valence-corrected chi connectivity index (χ2v) is 6.70. The monoisotopic (exact) mass is 344 g/mol. The number of fused-ring (bicyclic) bond motifs is 1. The molecule has 1 atom stereocenters. The number of esters is 1. The Labute approximate surface area is 146 Å². The largest absolute Gasteiger partial charge is 0.497 e. The number of ether oxygens (including phenoxy) is 2. The summed E-state index contributed by atoms with van der Waals surface area (Å²) in [7, 11) is 1.59. The van der Waals surface area contributed by atoms with Crippen LogP contribution in [0.25, 0.3) is 10.9 Å². The van der Waals surface area contributed by atoms with Gasteiger partial charge in [0, 0.05) is 18.5 Å². The number of carbonyl (C=O) groups excluding carboxylic acids is 1. The summed E-state index contributed by atoms with van der Waals surface area (Å²) in [4.78, 5) is 15.0. The van der Waals surface area contributed by atoms with Crippen LogP contribution in [0.2, 0.25) is 0 Å². The zero-order valence-electron chi connectivity index (χ0n) is 14.7. The standard InChI is InChI=1S/C18H24N4O3/c1-18(7-3-9-22(12-18)10-4-8-19)25-17(23)16-14-11-13(24-2)5-6-15(14)20-21-16/h5-6,8,11,19H,3-4,7,9-10,12H2,1-2H3,(H,20,21)/t18-/m0/s1. The van der Waals surface area contributed by atoms with Crippen LogP contribution in [0.4, 0.5) is 0 Å². The van der Waals surface area contributed by atoms with Gasteiger partial charge in [0.1, 0.15) is 11.4 Å². The molecule has 7 nitrogen and oxygen atoms in total. The fraction of sp³-hybridized carbons (Fsp3) is 0.500. The van der Waals surface area contributed by atoms with E-state index in [4.69, 9.17) is 14.9 Å². The number of likely N-dealkylation sites (tertiary alicyclic amines) is 1. The first-order valence-corrected chi connectivity index (χ1v) is 8.51. The van der Waals surface area contributed by atoms with Crippen LogP contribution in [-0.2, 0) is 4.74 Å². The van der Waals surface area contributed by atoms with Gasteiger partial charge < -0.3 is 14.9 Å². The van der Waals surface area contributed by atoms with Crippen LogP contribution in [0.15, 0.2) is 18.2 Å². The van der Waals surface area contributed by atoms with Crippen LogP contribution in [0, 0.1) is 5.41 Å². The molecule has 0 saturated carbocycles. The molecule has 0 bridgehead atoms. The summed E-state index contributed by atoms with van der Waals surface area (Å²) in [6.45, 7) is 4.44. The molecule has 1 saturated heterocycles. The third kappa shape index (κ3) is 3.82. The highest BCUT2D eigenvalue weighted by Crippen LogP contribution is 2.28. The lowest BCUT2D eigenvalue weighted by Gasteiger charge is -2.39. The van der Waals surface area contributed by atoms with Crippen molar-refractivity contribution in [1.29, 1.82) is 5.41 Å². The van der Waals surface area contributed by atoms with Crippen molar-refractivity contribution in [2.75, 3.05) is 26.7 Å². The number of methoxy groups -OCH3 is 1. The molecule has 25 heavy (non-hydrogen) atoms. The third-order valence-corrected chi connectivity index (χ3v) is 4.63. The molecule has 0 unspecified atom stereocenters. The second kappa shape index (κ2) is 7.23. The molecule has 2 N–H and O–H groups in total. The van der Waals surface area contributed by atoms with E-state index in [1.165, 1.54) is 6.21 Å². The normalized spacial score (nSPS) is 21.2. The Hall–Kier alpha value is -2.41. The first-order chi connectivity index (χ1) is 12.0. The van der Waals surface area contributed by atoms with E-state index in [9.17, 15) is 4.79 Å². The summed E-state index contributed by atoms with van der Waals surface area (Å²) < 4.78 is 11.1. The lowest BCUT2D eigenvalue weighted by molar-refractivity contribution is -0.0462. The van der Waals surface area contributed by atoms with Crippen LogP contribution in [-0.4, -0.2) is 59.6 Å². The molecule has 2 heterocycles. The minimum absolute atomic E-state index is 0.284. The van der Waals surface area contributed by atoms with E-state index < -0.39 is 11.6 Å². The fourth-order valence-electron chi connectivity index (χ4n) is 3.38. The fourth-order valence-corrected chi connectivity index (χ4v) is 3.38. The van der Waals surface area contributed by atoms with Crippen LogP contribution in [0.5, 0.6) is 5.75 Å². The number of rotatable bonds is 6. The molecular weight excluding hydrogens is 320 g/mol. The summed E-state index contributed by atoms with van der Waals surface area (Å²) in [6.07, 6.45) is 3.93. The summed E-state index contributed by atoms with van der Waals surface area (Å²) in [5.41, 5.74) is 0.516. The Morgan fingerprint density at radius 1 is 1.52 bits per heavy atom. The lowest BCUT2D eigenvalue weighted by atomic mass is 9.94.